The van der Waals surface area contributed by atoms with Crippen LogP contribution in [0.25, 0.3) is 78.2 Å². The fourth-order valence-corrected chi connectivity index (χ4v) is 5.90. The predicted octanol–water partition coefficient (Wildman–Crippen LogP) is 10.8. The number of rotatable bonds is 6. The van der Waals surface area contributed by atoms with Gasteiger partial charge in [0.05, 0.1) is 11.4 Å². The minimum absolute atomic E-state index is 0. The molecule has 0 bridgehead atoms. The minimum Gasteiger partial charge on any atom is -0.304 e. The number of pyridine rings is 1. The molecule has 0 N–H and O–H groups in total. The molecular formula is C43H28IrN3-. The molecule has 0 amide bonds. The van der Waals surface area contributed by atoms with E-state index in [2.05, 4.69) is 127 Å². The quantitative estimate of drug-likeness (QED) is 0.158. The van der Waals surface area contributed by atoms with Crippen molar-refractivity contribution in [2.24, 2.45) is 0 Å². The molecule has 0 spiro atoms. The molecule has 1 radical (unpaired) electrons. The summed E-state index contributed by atoms with van der Waals surface area (Å²) in [5.41, 5.74) is 11.2. The zero-order chi connectivity index (χ0) is 30.7. The van der Waals surface area contributed by atoms with E-state index in [0.29, 0.717) is 5.82 Å². The molecule has 4 heteroatoms. The average Bonchev–Trinajstić information content (AvgIpc) is 3.15. The van der Waals surface area contributed by atoms with Crippen molar-refractivity contribution >= 4 is 10.8 Å². The first-order chi connectivity index (χ1) is 22.8. The number of hydrogen-bond donors (Lipinski definition) is 0. The van der Waals surface area contributed by atoms with Gasteiger partial charge in [0.15, 0.2) is 0 Å². The summed E-state index contributed by atoms with van der Waals surface area (Å²) >= 11 is 0. The van der Waals surface area contributed by atoms with E-state index in [1.807, 2.05) is 48.7 Å². The molecule has 0 saturated carbocycles. The summed E-state index contributed by atoms with van der Waals surface area (Å²) in [6.45, 7) is 0. The largest absolute Gasteiger partial charge is 0.304 e. The van der Waals surface area contributed by atoms with Crippen molar-refractivity contribution in [1.82, 2.24) is 15.0 Å². The predicted molar refractivity (Wildman–Crippen MR) is 189 cm³/mol. The van der Waals surface area contributed by atoms with Crippen LogP contribution in [0.3, 0.4) is 0 Å². The van der Waals surface area contributed by atoms with E-state index in [9.17, 15) is 0 Å². The molecule has 0 saturated heterocycles. The molecule has 0 aliphatic carbocycles. The van der Waals surface area contributed by atoms with Gasteiger partial charge in [-0.15, -0.1) is 29.8 Å². The van der Waals surface area contributed by atoms with Gasteiger partial charge in [0.25, 0.3) is 0 Å². The van der Waals surface area contributed by atoms with Gasteiger partial charge >= 0.3 is 0 Å². The molecule has 225 valence electrons. The standard InChI is InChI=1S/C43H28N3.Ir/c1-3-11-30(12-4-1)32-21-23-34(24-22-32)40-29-41(36-17-9-16-35(27-36)31-13-5-2-6-14-31)46-43(45-40)38-19-10-18-37(28-38)42-39-20-8-7-15-33(39)25-26-44-42;/h1-17,19-29H;/q-1;. The first kappa shape index (κ1) is 30.1. The van der Waals surface area contributed by atoms with E-state index in [-0.39, 0.29) is 20.1 Å². The second-order valence-electron chi connectivity index (χ2n) is 11.2. The number of aromatic nitrogens is 3. The van der Waals surface area contributed by atoms with Gasteiger partial charge in [0.1, 0.15) is 5.82 Å². The first-order valence-electron chi connectivity index (χ1n) is 15.4. The summed E-state index contributed by atoms with van der Waals surface area (Å²) in [6, 6.07) is 59.9. The molecule has 0 fully saturated rings. The van der Waals surface area contributed by atoms with Gasteiger partial charge in [-0.1, -0.05) is 133 Å². The van der Waals surface area contributed by atoms with Gasteiger partial charge in [0, 0.05) is 37.4 Å². The Morgan fingerprint density at radius 2 is 1.02 bits per heavy atom. The Morgan fingerprint density at radius 3 is 1.79 bits per heavy atom. The van der Waals surface area contributed by atoms with Crippen molar-refractivity contribution in [3.05, 3.63) is 176 Å². The van der Waals surface area contributed by atoms with E-state index >= 15 is 0 Å². The van der Waals surface area contributed by atoms with Crippen LogP contribution in [0.15, 0.2) is 170 Å². The summed E-state index contributed by atoms with van der Waals surface area (Å²) < 4.78 is 0. The van der Waals surface area contributed by atoms with Crippen molar-refractivity contribution in [1.29, 1.82) is 0 Å². The molecule has 0 unspecified atom stereocenters. The van der Waals surface area contributed by atoms with Gasteiger partial charge in [-0.25, -0.2) is 9.97 Å². The minimum atomic E-state index is 0. The van der Waals surface area contributed by atoms with E-state index < -0.39 is 0 Å². The van der Waals surface area contributed by atoms with Crippen LogP contribution in [0.1, 0.15) is 0 Å². The number of hydrogen-bond acceptors (Lipinski definition) is 3. The van der Waals surface area contributed by atoms with Crippen LogP contribution in [0.2, 0.25) is 0 Å². The Bertz CT molecular complexity index is 2290. The van der Waals surface area contributed by atoms with E-state index in [1.54, 1.807) is 0 Å². The summed E-state index contributed by atoms with van der Waals surface area (Å²) in [7, 11) is 0. The molecule has 8 rings (SSSR count). The maximum Gasteiger partial charge on any atom is 0.142 e. The Morgan fingerprint density at radius 1 is 0.426 bits per heavy atom. The molecule has 8 aromatic rings. The molecule has 3 nitrogen and oxygen atoms in total. The number of nitrogens with zero attached hydrogens (tertiary/aromatic N) is 3. The Kier molecular flexibility index (Phi) is 8.62. The Hall–Kier alpha value is -5.54. The van der Waals surface area contributed by atoms with Crippen molar-refractivity contribution in [3.63, 3.8) is 0 Å². The zero-order valence-electron chi connectivity index (χ0n) is 25.3. The van der Waals surface area contributed by atoms with Crippen molar-refractivity contribution in [2.75, 3.05) is 0 Å². The monoisotopic (exact) mass is 779 g/mol. The van der Waals surface area contributed by atoms with Crippen LogP contribution in [0.4, 0.5) is 0 Å². The van der Waals surface area contributed by atoms with Crippen molar-refractivity contribution in [2.45, 2.75) is 0 Å². The molecule has 0 atom stereocenters. The summed E-state index contributed by atoms with van der Waals surface area (Å²) in [4.78, 5) is 15.0. The van der Waals surface area contributed by atoms with Crippen LogP contribution in [0.5, 0.6) is 0 Å². The molecule has 6 aromatic carbocycles. The van der Waals surface area contributed by atoms with Gasteiger partial charge < -0.3 is 4.98 Å². The molecule has 0 aliphatic rings. The number of fused-ring (bicyclic) bond motifs is 1. The summed E-state index contributed by atoms with van der Waals surface area (Å²) in [5, 5.41) is 2.23. The number of benzene rings is 6. The second-order valence-corrected chi connectivity index (χ2v) is 11.2. The van der Waals surface area contributed by atoms with Crippen LogP contribution < -0.4 is 0 Å². The summed E-state index contributed by atoms with van der Waals surface area (Å²) in [5.74, 6) is 0.653. The Labute approximate surface area is 288 Å². The fraction of sp³-hybridized carbons (Fsp3) is 0. The smallest absolute Gasteiger partial charge is 0.142 e. The van der Waals surface area contributed by atoms with E-state index in [1.165, 1.54) is 16.7 Å². The molecule has 2 aromatic heterocycles. The third kappa shape index (κ3) is 6.30. The van der Waals surface area contributed by atoms with E-state index in [0.717, 1.165) is 55.7 Å². The third-order valence-electron chi connectivity index (χ3n) is 8.27. The molecular weight excluding hydrogens is 751 g/mol. The maximum atomic E-state index is 5.15. The van der Waals surface area contributed by atoms with Crippen LogP contribution in [0, 0.1) is 6.07 Å². The van der Waals surface area contributed by atoms with Gasteiger partial charge in [-0.2, -0.15) is 0 Å². The van der Waals surface area contributed by atoms with Crippen LogP contribution >= 0.6 is 0 Å². The van der Waals surface area contributed by atoms with E-state index in [4.69, 9.17) is 15.0 Å². The molecule has 2 heterocycles. The first-order valence-corrected chi connectivity index (χ1v) is 15.4. The molecule has 0 aliphatic heterocycles. The van der Waals surface area contributed by atoms with Gasteiger partial charge in [-0.05, 0) is 56.9 Å². The SMILES string of the molecule is [Ir].[c-]1ccc(-c2nc(-c3ccc(-c4ccccc4)cc3)cc(-c3cccc(-c4ccccc4)c3)n2)cc1-c1nccc2ccccc12. The average molecular weight is 779 g/mol. The van der Waals surface area contributed by atoms with Crippen LogP contribution in [-0.4, -0.2) is 15.0 Å². The third-order valence-corrected chi connectivity index (χ3v) is 8.27. The zero-order valence-corrected chi connectivity index (χ0v) is 27.7. The van der Waals surface area contributed by atoms with Gasteiger partial charge in [-0.3, -0.25) is 0 Å². The fourth-order valence-electron chi connectivity index (χ4n) is 5.90. The summed E-state index contributed by atoms with van der Waals surface area (Å²) in [6.07, 6.45) is 1.85. The molecule has 47 heavy (non-hydrogen) atoms. The van der Waals surface area contributed by atoms with Crippen molar-refractivity contribution in [3.8, 4) is 67.4 Å². The van der Waals surface area contributed by atoms with Gasteiger partial charge in [0.2, 0.25) is 0 Å². The topological polar surface area (TPSA) is 38.7 Å². The maximum absolute atomic E-state index is 5.15. The van der Waals surface area contributed by atoms with Crippen LogP contribution in [-0.2, 0) is 20.1 Å². The second kappa shape index (κ2) is 13.4. The van der Waals surface area contributed by atoms with Crippen molar-refractivity contribution < 1.29 is 20.1 Å². The normalized spacial score (nSPS) is 10.8. The Balaban J connectivity index is 0.00000351.